The lowest BCUT2D eigenvalue weighted by molar-refractivity contribution is -0.125. The molecule has 0 bridgehead atoms. The van der Waals surface area contributed by atoms with Gasteiger partial charge in [0.25, 0.3) is 0 Å². The molecule has 14 heavy (non-hydrogen) atoms. The van der Waals surface area contributed by atoms with Crippen LogP contribution in [0.5, 0.6) is 0 Å². The van der Waals surface area contributed by atoms with Crippen LogP contribution in [0.1, 0.15) is 18.9 Å². The van der Waals surface area contributed by atoms with E-state index in [1.807, 2.05) is 30.3 Å². The highest BCUT2D eigenvalue weighted by Crippen LogP contribution is 2.23. The first kappa shape index (κ1) is 10.7. The lowest BCUT2D eigenvalue weighted by atomic mass is 9.92. The summed E-state index contributed by atoms with van der Waals surface area (Å²) < 4.78 is 0. The van der Waals surface area contributed by atoms with E-state index in [4.69, 9.17) is 0 Å². The Labute approximate surface area is 83.8 Å². The minimum absolute atomic E-state index is 0.0769. The van der Waals surface area contributed by atoms with E-state index in [9.17, 15) is 9.90 Å². The Hall–Kier alpha value is -1.35. The van der Waals surface area contributed by atoms with Crippen molar-refractivity contribution in [3.63, 3.8) is 0 Å². The molecule has 1 amide bonds. The van der Waals surface area contributed by atoms with Crippen LogP contribution in [-0.4, -0.2) is 18.1 Å². The van der Waals surface area contributed by atoms with Gasteiger partial charge in [0.1, 0.15) is 0 Å². The molecular weight excluding hydrogens is 178 g/mol. The maximum absolute atomic E-state index is 11.1. The van der Waals surface area contributed by atoms with Crippen molar-refractivity contribution in [1.82, 2.24) is 5.32 Å². The minimum Gasteiger partial charge on any atom is -0.385 e. The fourth-order valence-corrected chi connectivity index (χ4v) is 1.30. The third-order valence-electron chi connectivity index (χ3n) is 2.18. The van der Waals surface area contributed by atoms with Crippen molar-refractivity contribution < 1.29 is 9.90 Å². The van der Waals surface area contributed by atoms with E-state index in [1.54, 1.807) is 14.0 Å². The van der Waals surface area contributed by atoms with Crippen molar-refractivity contribution in [2.75, 3.05) is 7.05 Å². The fraction of sp³-hybridized carbons (Fsp3) is 0.364. The first-order chi connectivity index (χ1) is 6.56. The Morgan fingerprint density at radius 3 is 2.50 bits per heavy atom. The van der Waals surface area contributed by atoms with Gasteiger partial charge in [-0.2, -0.15) is 0 Å². The van der Waals surface area contributed by atoms with E-state index in [0.29, 0.717) is 0 Å². The molecule has 3 heteroatoms. The van der Waals surface area contributed by atoms with Crippen LogP contribution in [0.15, 0.2) is 30.3 Å². The molecule has 0 radical (unpaired) electrons. The number of hydrogen-bond acceptors (Lipinski definition) is 2. The molecule has 1 unspecified atom stereocenters. The zero-order valence-electron chi connectivity index (χ0n) is 8.45. The molecule has 76 valence electrons. The lowest BCUT2D eigenvalue weighted by Crippen LogP contribution is -2.30. The molecule has 0 saturated carbocycles. The van der Waals surface area contributed by atoms with Gasteiger partial charge in [-0.1, -0.05) is 30.3 Å². The fourth-order valence-electron chi connectivity index (χ4n) is 1.30. The van der Waals surface area contributed by atoms with Gasteiger partial charge in [-0.15, -0.1) is 0 Å². The van der Waals surface area contributed by atoms with Crippen molar-refractivity contribution in [2.45, 2.75) is 18.9 Å². The number of amides is 1. The highest BCUT2D eigenvalue weighted by atomic mass is 16.3. The van der Waals surface area contributed by atoms with Gasteiger partial charge in [0, 0.05) is 7.05 Å². The predicted molar refractivity (Wildman–Crippen MR) is 54.7 cm³/mol. The van der Waals surface area contributed by atoms with Crippen LogP contribution < -0.4 is 5.32 Å². The summed E-state index contributed by atoms with van der Waals surface area (Å²) in [6.45, 7) is 1.64. The molecule has 0 saturated heterocycles. The Morgan fingerprint density at radius 2 is 2.00 bits per heavy atom. The van der Waals surface area contributed by atoms with Crippen LogP contribution in [0, 0.1) is 0 Å². The van der Waals surface area contributed by atoms with Crippen molar-refractivity contribution in [3.8, 4) is 0 Å². The second kappa shape index (κ2) is 4.24. The molecule has 0 aromatic heterocycles. The number of nitrogens with one attached hydrogen (secondary N) is 1. The molecule has 3 nitrogen and oxygen atoms in total. The van der Waals surface area contributed by atoms with Gasteiger partial charge in [-0.05, 0) is 12.5 Å². The summed E-state index contributed by atoms with van der Waals surface area (Å²) in [4.78, 5) is 11.1. The average Bonchev–Trinajstić information content (AvgIpc) is 2.18. The van der Waals surface area contributed by atoms with Crippen molar-refractivity contribution in [1.29, 1.82) is 0 Å². The number of aliphatic hydroxyl groups is 1. The highest BCUT2D eigenvalue weighted by Gasteiger charge is 2.25. The maximum Gasteiger partial charge on any atom is 0.222 e. The van der Waals surface area contributed by atoms with E-state index in [0.717, 1.165) is 5.56 Å². The van der Waals surface area contributed by atoms with E-state index in [-0.39, 0.29) is 12.3 Å². The van der Waals surface area contributed by atoms with Gasteiger partial charge >= 0.3 is 0 Å². The Morgan fingerprint density at radius 1 is 1.43 bits per heavy atom. The molecule has 1 rings (SSSR count). The summed E-state index contributed by atoms with van der Waals surface area (Å²) in [5.41, 5.74) is -0.343. The lowest BCUT2D eigenvalue weighted by Gasteiger charge is -2.22. The van der Waals surface area contributed by atoms with Gasteiger partial charge in [0.2, 0.25) is 5.91 Å². The van der Waals surface area contributed by atoms with E-state index >= 15 is 0 Å². The third-order valence-corrected chi connectivity index (χ3v) is 2.18. The molecular formula is C11H15NO2. The maximum atomic E-state index is 11.1. The molecule has 1 atom stereocenters. The minimum atomic E-state index is -1.10. The number of hydrogen-bond donors (Lipinski definition) is 2. The molecule has 0 spiro atoms. The van der Waals surface area contributed by atoms with Crippen LogP contribution in [0.3, 0.4) is 0 Å². The summed E-state index contributed by atoms with van der Waals surface area (Å²) in [6.07, 6.45) is 0.0769. The Balaban J connectivity index is 2.80. The van der Waals surface area contributed by atoms with Gasteiger partial charge in [0.15, 0.2) is 0 Å². The van der Waals surface area contributed by atoms with Crippen LogP contribution >= 0.6 is 0 Å². The van der Waals surface area contributed by atoms with E-state index in [1.165, 1.54) is 0 Å². The van der Waals surface area contributed by atoms with Gasteiger partial charge in [-0.25, -0.2) is 0 Å². The molecule has 0 aliphatic heterocycles. The number of benzene rings is 1. The smallest absolute Gasteiger partial charge is 0.222 e. The third kappa shape index (κ3) is 2.57. The first-order valence-corrected chi connectivity index (χ1v) is 4.55. The summed E-state index contributed by atoms with van der Waals surface area (Å²) in [7, 11) is 1.56. The molecule has 0 heterocycles. The zero-order valence-corrected chi connectivity index (χ0v) is 8.45. The standard InChI is InChI=1S/C11H15NO2/c1-11(14,8-10(13)12-2)9-6-4-3-5-7-9/h3-7,14H,8H2,1-2H3,(H,12,13). The number of carbonyl (C=O) groups excluding carboxylic acids is 1. The summed E-state index contributed by atoms with van der Waals surface area (Å²) in [5, 5.41) is 12.5. The molecule has 1 aromatic rings. The SMILES string of the molecule is CNC(=O)CC(C)(O)c1ccccc1. The van der Waals surface area contributed by atoms with E-state index < -0.39 is 5.60 Å². The highest BCUT2D eigenvalue weighted by molar-refractivity contribution is 5.76. The number of rotatable bonds is 3. The second-order valence-corrected chi connectivity index (χ2v) is 3.49. The van der Waals surface area contributed by atoms with Crippen LogP contribution in [0.25, 0.3) is 0 Å². The van der Waals surface area contributed by atoms with Gasteiger partial charge in [-0.3, -0.25) is 4.79 Å². The Bertz CT molecular complexity index is 306. The monoisotopic (exact) mass is 193 g/mol. The van der Waals surface area contributed by atoms with Gasteiger partial charge < -0.3 is 10.4 Å². The zero-order chi connectivity index (χ0) is 10.6. The van der Waals surface area contributed by atoms with Gasteiger partial charge in [0.05, 0.1) is 12.0 Å². The molecule has 0 aliphatic carbocycles. The van der Waals surface area contributed by atoms with Crippen LogP contribution in [0.2, 0.25) is 0 Å². The average molecular weight is 193 g/mol. The van der Waals surface area contributed by atoms with Crippen molar-refractivity contribution in [3.05, 3.63) is 35.9 Å². The second-order valence-electron chi connectivity index (χ2n) is 3.49. The Kier molecular flexibility index (Phi) is 3.25. The largest absolute Gasteiger partial charge is 0.385 e. The van der Waals surface area contributed by atoms with Crippen molar-refractivity contribution >= 4 is 5.91 Å². The molecule has 0 fully saturated rings. The molecule has 2 N–H and O–H groups in total. The molecule has 0 aliphatic rings. The topological polar surface area (TPSA) is 49.3 Å². The first-order valence-electron chi connectivity index (χ1n) is 4.55. The quantitative estimate of drug-likeness (QED) is 0.753. The summed E-state index contributed by atoms with van der Waals surface area (Å²) in [5.74, 6) is -0.168. The van der Waals surface area contributed by atoms with Crippen molar-refractivity contribution in [2.24, 2.45) is 0 Å². The normalized spacial score (nSPS) is 14.5. The predicted octanol–water partition coefficient (Wildman–Crippen LogP) is 1.03. The summed E-state index contributed by atoms with van der Waals surface area (Å²) in [6, 6.07) is 9.17. The van der Waals surface area contributed by atoms with E-state index in [2.05, 4.69) is 5.32 Å². The van der Waals surface area contributed by atoms with Crippen LogP contribution in [0.4, 0.5) is 0 Å². The summed E-state index contributed by atoms with van der Waals surface area (Å²) >= 11 is 0. The van der Waals surface area contributed by atoms with Crippen LogP contribution in [-0.2, 0) is 10.4 Å². The molecule has 1 aromatic carbocycles. The number of carbonyl (C=O) groups is 1.